The number of hydrogen-bond donors (Lipinski definition) is 0. The van der Waals surface area contributed by atoms with Crippen LogP contribution in [-0.4, -0.2) is 0 Å². The van der Waals surface area contributed by atoms with Crippen LogP contribution in [0.1, 0.15) is 18.9 Å². The van der Waals surface area contributed by atoms with E-state index in [1.165, 1.54) is 12.1 Å². The van der Waals surface area contributed by atoms with E-state index < -0.39 is 5.92 Å². The van der Waals surface area contributed by atoms with Gasteiger partial charge >= 0.3 is 0 Å². The zero-order chi connectivity index (χ0) is 9.90. The second kappa shape index (κ2) is 3.69. The average Bonchev–Trinajstić information content (AvgIpc) is 2.04. The topological polar surface area (TPSA) is 0 Å². The van der Waals surface area contributed by atoms with Crippen molar-refractivity contribution in [1.82, 2.24) is 0 Å². The van der Waals surface area contributed by atoms with Crippen LogP contribution >= 0.6 is 0 Å². The molecule has 2 heteroatoms. The van der Waals surface area contributed by atoms with E-state index in [2.05, 4.69) is 6.58 Å². The molecule has 0 aliphatic heterocycles. The highest BCUT2D eigenvalue weighted by molar-refractivity contribution is 5.21. The van der Waals surface area contributed by atoms with E-state index in [-0.39, 0.29) is 12.0 Å². The Morgan fingerprint density at radius 3 is 2.31 bits per heavy atom. The SMILES string of the molecule is C=C(C)CC(F)(F)c1ccccc1. The molecule has 0 bridgehead atoms. The Kier molecular flexibility index (Phi) is 2.81. The van der Waals surface area contributed by atoms with Crippen LogP contribution < -0.4 is 0 Å². The van der Waals surface area contributed by atoms with E-state index in [1.54, 1.807) is 25.1 Å². The first-order valence-electron chi connectivity index (χ1n) is 4.10. The van der Waals surface area contributed by atoms with E-state index in [1.807, 2.05) is 0 Å². The van der Waals surface area contributed by atoms with Gasteiger partial charge in [-0.05, 0) is 6.92 Å². The summed E-state index contributed by atoms with van der Waals surface area (Å²) >= 11 is 0. The Hall–Kier alpha value is -1.18. The maximum atomic E-state index is 13.3. The summed E-state index contributed by atoms with van der Waals surface area (Å²) in [6.45, 7) is 5.09. The lowest BCUT2D eigenvalue weighted by molar-refractivity contribution is -0.00358. The molecule has 70 valence electrons. The molecule has 1 aromatic rings. The molecule has 0 aromatic heterocycles. The Labute approximate surface area is 76.9 Å². The van der Waals surface area contributed by atoms with E-state index in [0.717, 1.165) is 0 Å². The number of benzene rings is 1. The Morgan fingerprint density at radius 2 is 1.85 bits per heavy atom. The third kappa shape index (κ3) is 2.65. The van der Waals surface area contributed by atoms with Crippen LogP contribution in [0.3, 0.4) is 0 Å². The zero-order valence-corrected chi connectivity index (χ0v) is 7.56. The van der Waals surface area contributed by atoms with Crippen LogP contribution in [0.2, 0.25) is 0 Å². The molecular formula is C11H12F2. The highest BCUT2D eigenvalue weighted by atomic mass is 19.3. The molecule has 0 saturated carbocycles. The Morgan fingerprint density at radius 1 is 1.31 bits per heavy atom. The molecule has 0 N–H and O–H groups in total. The normalized spacial score (nSPS) is 11.3. The summed E-state index contributed by atoms with van der Waals surface area (Å²) in [7, 11) is 0. The smallest absolute Gasteiger partial charge is 0.201 e. The Balaban J connectivity index is 2.87. The molecule has 0 spiro atoms. The molecule has 0 amide bonds. The second-order valence-corrected chi connectivity index (χ2v) is 3.20. The van der Waals surface area contributed by atoms with Crippen molar-refractivity contribution < 1.29 is 8.78 Å². The van der Waals surface area contributed by atoms with Crippen molar-refractivity contribution in [2.24, 2.45) is 0 Å². The fraction of sp³-hybridized carbons (Fsp3) is 0.273. The third-order valence-corrected chi connectivity index (χ3v) is 1.72. The van der Waals surface area contributed by atoms with E-state index in [9.17, 15) is 8.78 Å². The minimum atomic E-state index is -2.78. The summed E-state index contributed by atoms with van der Waals surface area (Å²) in [6, 6.07) is 7.82. The summed E-state index contributed by atoms with van der Waals surface area (Å²) in [5.41, 5.74) is 0.548. The maximum Gasteiger partial charge on any atom is 0.276 e. The number of allylic oxidation sites excluding steroid dienone is 1. The van der Waals surface area contributed by atoms with Crippen LogP contribution in [0.15, 0.2) is 42.5 Å². The van der Waals surface area contributed by atoms with Gasteiger partial charge in [-0.2, -0.15) is 0 Å². The van der Waals surface area contributed by atoms with Gasteiger partial charge in [-0.15, -0.1) is 0 Å². The van der Waals surface area contributed by atoms with Gasteiger partial charge in [0, 0.05) is 12.0 Å². The molecule has 0 fully saturated rings. The van der Waals surface area contributed by atoms with Crippen molar-refractivity contribution in [2.75, 3.05) is 0 Å². The largest absolute Gasteiger partial charge is 0.276 e. The second-order valence-electron chi connectivity index (χ2n) is 3.20. The van der Waals surface area contributed by atoms with Crippen LogP contribution in [-0.2, 0) is 5.92 Å². The average molecular weight is 182 g/mol. The molecule has 13 heavy (non-hydrogen) atoms. The highest BCUT2D eigenvalue weighted by Crippen LogP contribution is 2.33. The first-order chi connectivity index (χ1) is 6.02. The lowest BCUT2D eigenvalue weighted by Gasteiger charge is -2.16. The van der Waals surface area contributed by atoms with Gasteiger partial charge in [-0.1, -0.05) is 42.5 Å². The van der Waals surface area contributed by atoms with Gasteiger partial charge in [0.25, 0.3) is 5.92 Å². The predicted octanol–water partition coefficient (Wildman–Crippen LogP) is 3.74. The van der Waals surface area contributed by atoms with Gasteiger partial charge in [0.15, 0.2) is 0 Å². The molecular weight excluding hydrogens is 170 g/mol. The molecule has 0 aliphatic rings. The van der Waals surface area contributed by atoms with Crippen LogP contribution in [0, 0.1) is 0 Å². The van der Waals surface area contributed by atoms with Crippen molar-refractivity contribution in [3.05, 3.63) is 48.0 Å². The monoisotopic (exact) mass is 182 g/mol. The highest BCUT2D eigenvalue weighted by Gasteiger charge is 2.30. The van der Waals surface area contributed by atoms with E-state index in [0.29, 0.717) is 5.57 Å². The lowest BCUT2D eigenvalue weighted by Crippen LogP contribution is -2.13. The van der Waals surface area contributed by atoms with Crippen LogP contribution in [0.4, 0.5) is 8.78 Å². The predicted molar refractivity (Wildman–Crippen MR) is 49.8 cm³/mol. The van der Waals surface area contributed by atoms with Gasteiger partial charge in [-0.3, -0.25) is 0 Å². The van der Waals surface area contributed by atoms with Gasteiger partial charge in [-0.25, -0.2) is 8.78 Å². The fourth-order valence-electron chi connectivity index (χ4n) is 1.16. The summed E-state index contributed by atoms with van der Waals surface area (Å²) in [5.74, 6) is -2.78. The van der Waals surface area contributed by atoms with Crippen LogP contribution in [0.25, 0.3) is 0 Å². The maximum absolute atomic E-state index is 13.3. The summed E-state index contributed by atoms with van der Waals surface area (Å²) in [6.07, 6.45) is -0.281. The molecule has 0 atom stereocenters. The zero-order valence-electron chi connectivity index (χ0n) is 7.56. The minimum Gasteiger partial charge on any atom is -0.201 e. The first-order valence-corrected chi connectivity index (χ1v) is 4.10. The number of rotatable bonds is 3. The van der Waals surface area contributed by atoms with Gasteiger partial charge in [0.05, 0.1) is 0 Å². The van der Waals surface area contributed by atoms with Gasteiger partial charge in [0.1, 0.15) is 0 Å². The molecule has 0 aliphatic carbocycles. The number of halogens is 2. The molecule has 0 saturated heterocycles. The molecule has 0 nitrogen and oxygen atoms in total. The van der Waals surface area contributed by atoms with Crippen LogP contribution in [0.5, 0.6) is 0 Å². The molecule has 0 radical (unpaired) electrons. The first kappa shape index (κ1) is 9.90. The van der Waals surface area contributed by atoms with Gasteiger partial charge < -0.3 is 0 Å². The molecule has 0 unspecified atom stereocenters. The summed E-state index contributed by atoms with van der Waals surface area (Å²) in [4.78, 5) is 0. The van der Waals surface area contributed by atoms with Crippen molar-refractivity contribution in [3.8, 4) is 0 Å². The van der Waals surface area contributed by atoms with Gasteiger partial charge in [0.2, 0.25) is 0 Å². The fourth-order valence-corrected chi connectivity index (χ4v) is 1.16. The molecule has 1 rings (SSSR count). The van der Waals surface area contributed by atoms with Crippen molar-refractivity contribution in [1.29, 1.82) is 0 Å². The molecule has 0 heterocycles. The molecule has 1 aromatic carbocycles. The van der Waals surface area contributed by atoms with Crippen molar-refractivity contribution in [3.63, 3.8) is 0 Å². The lowest BCUT2D eigenvalue weighted by atomic mass is 10.0. The number of hydrogen-bond acceptors (Lipinski definition) is 0. The number of alkyl halides is 2. The van der Waals surface area contributed by atoms with E-state index >= 15 is 0 Å². The quantitative estimate of drug-likeness (QED) is 0.624. The van der Waals surface area contributed by atoms with E-state index in [4.69, 9.17) is 0 Å². The standard InChI is InChI=1S/C11H12F2/c1-9(2)8-11(12,13)10-6-4-3-5-7-10/h3-7H,1,8H2,2H3. The minimum absolute atomic E-state index is 0.0537. The summed E-state index contributed by atoms with van der Waals surface area (Å²) < 4.78 is 26.7. The van der Waals surface area contributed by atoms with Crippen molar-refractivity contribution >= 4 is 0 Å². The summed E-state index contributed by atoms with van der Waals surface area (Å²) in [5, 5.41) is 0. The Bertz CT molecular complexity index is 288. The van der Waals surface area contributed by atoms with Crippen molar-refractivity contribution in [2.45, 2.75) is 19.3 Å². The third-order valence-electron chi connectivity index (χ3n) is 1.72.